The minimum absolute atomic E-state index is 0.0404. The molecule has 24 heavy (non-hydrogen) atoms. The van der Waals surface area contributed by atoms with E-state index < -0.39 is 0 Å². The molecule has 6 nitrogen and oxygen atoms in total. The van der Waals surface area contributed by atoms with Crippen LogP contribution in [0.4, 0.5) is 5.69 Å². The quantitative estimate of drug-likeness (QED) is 0.803. The fraction of sp³-hybridized carbons (Fsp3) is 0.500. The van der Waals surface area contributed by atoms with E-state index >= 15 is 0 Å². The van der Waals surface area contributed by atoms with Gasteiger partial charge in [0.05, 0.1) is 13.1 Å². The predicted molar refractivity (Wildman–Crippen MR) is 93.8 cm³/mol. The molecule has 2 rings (SSSR count). The first-order valence-electron chi connectivity index (χ1n) is 8.40. The average Bonchev–Trinajstić information content (AvgIpc) is 2.98. The van der Waals surface area contributed by atoms with E-state index in [4.69, 9.17) is 4.52 Å². The molecule has 0 bridgehead atoms. The number of carbonyl (C=O) groups is 1. The molecule has 0 fully saturated rings. The van der Waals surface area contributed by atoms with Crippen molar-refractivity contribution in [2.24, 2.45) is 0 Å². The monoisotopic (exact) mass is 330 g/mol. The molecule has 0 aliphatic rings. The van der Waals surface area contributed by atoms with Gasteiger partial charge in [-0.25, -0.2) is 0 Å². The highest BCUT2D eigenvalue weighted by atomic mass is 16.5. The van der Waals surface area contributed by atoms with Crippen LogP contribution in [0.3, 0.4) is 0 Å². The molecule has 1 heterocycles. The molecule has 130 valence electrons. The number of hydrogen-bond acceptors (Lipinski definition) is 5. The van der Waals surface area contributed by atoms with Gasteiger partial charge in [-0.3, -0.25) is 9.69 Å². The second kappa shape index (κ2) is 8.59. The van der Waals surface area contributed by atoms with Gasteiger partial charge in [0.1, 0.15) is 0 Å². The molecule has 2 aromatic rings. The Labute approximate surface area is 143 Å². The number of aryl methyl sites for hydroxylation is 1. The summed E-state index contributed by atoms with van der Waals surface area (Å²) in [5, 5.41) is 6.94. The van der Waals surface area contributed by atoms with Crippen LogP contribution in [0, 0.1) is 6.92 Å². The zero-order valence-electron chi connectivity index (χ0n) is 14.9. The molecular formula is C18H26N4O2. The lowest BCUT2D eigenvalue weighted by molar-refractivity contribution is -0.117. The molecule has 0 saturated heterocycles. The molecule has 0 radical (unpaired) electrons. The van der Waals surface area contributed by atoms with Crippen LogP contribution >= 0.6 is 0 Å². The molecule has 1 amide bonds. The summed E-state index contributed by atoms with van der Waals surface area (Å²) in [5.41, 5.74) is 1.89. The highest BCUT2D eigenvalue weighted by Crippen LogP contribution is 2.14. The van der Waals surface area contributed by atoms with Gasteiger partial charge < -0.3 is 9.84 Å². The third kappa shape index (κ3) is 5.16. The Morgan fingerprint density at radius 3 is 2.71 bits per heavy atom. The minimum atomic E-state index is -0.0404. The van der Waals surface area contributed by atoms with Gasteiger partial charge in [0, 0.05) is 11.6 Å². The lowest BCUT2D eigenvalue weighted by Crippen LogP contribution is -2.33. The maximum atomic E-state index is 12.3. The summed E-state index contributed by atoms with van der Waals surface area (Å²) in [4.78, 5) is 18.7. The van der Waals surface area contributed by atoms with E-state index in [0.29, 0.717) is 24.8 Å². The molecular weight excluding hydrogens is 304 g/mol. The first kappa shape index (κ1) is 18.1. The maximum absolute atomic E-state index is 12.3. The Morgan fingerprint density at radius 2 is 2.08 bits per heavy atom. The molecule has 1 N–H and O–H groups in total. The standard InChI is InChI=1S/C18H26N4O2/c1-5-10-22(12-17-20-18(13(2)3)21-24-17)11-16(23)19-15-9-7-6-8-14(15)4/h6-9,13H,5,10-12H2,1-4H3,(H,19,23). The zero-order chi connectivity index (χ0) is 17.5. The Hall–Kier alpha value is -2.21. The Kier molecular flexibility index (Phi) is 6.49. The van der Waals surface area contributed by atoms with Crippen molar-refractivity contribution in [1.82, 2.24) is 15.0 Å². The van der Waals surface area contributed by atoms with Crippen molar-refractivity contribution in [2.75, 3.05) is 18.4 Å². The fourth-order valence-corrected chi connectivity index (χ4v) is 2.39. The van der Waals surface area contributed by atoms with Crippen molar-refractivity contribution >= 4 is 11.6 Å². The molecule has 0 atom stereocenters. The van der Waals surface area contributed by atoms with Gasteiger partial charge >= 0.3 is 0 Å². The fourth-order valence-electron chi connectivity index (χ4n) is 2.39. The number of nitrogens with zero attached hydrogens (tertiary/aromatic N) is 3. The van der Waals surface area contributed by atoms with Gasteiger partial charge in [0.15, 0.2) is 5.82 Å². The van der Waals surface area contributed by atoms with Gasteiger partial charge in [-0.1, -0.05) is 44.1 Å². The predicted octanol–water partition coefficient (Wildman–Crippen LogP) is 3.35. The van der Waals surface area contributed by atoms with Crippen molar-refractivity contribution in [3.63, 3.8) is 0 Å². The Balaban J connectivity index is 1.96. The SMILES string of the molecule is CCCN(CC(=O)Nc1ccccc1C)Cc1nc(C(C)C)no1. The van der Waals surface area contributed by atoms with E-state index in [2.05, 4.69) is 22.4 Å². The van der Waals surface area contributed by atoms with Gasteiger partial charge in [-0.15, -0.1) is 0 Å². The van der Waals surface area contributed by atoms with E-state index in [-0.39, 0.29) is 11.8 Å². The number of aromatic nitrogens is 2. The molecule has 0 aliphatic heterocycles. The van der Waals surface area contributed by atoms with Crippen molar-refractivity contribution in [3.05, 3.63) is 41.5 Å². The van der Waals surface area contributed by atoms with Crippen molar-refractivity contribution < 1.29 is 9.32 Å². The first-order valence-corrected chi connectivity index (χ1v) is 8.40. The van der Waals surface area contributed by atoms with Crippen LogP contribution in [0.2, 0.25) is 0 Å². The van der Waals surface area contributed by atoms with E-state index in [1.54, 1.807) is 0 Å². The maximum Gasteiger partial charge on any atom is 0.240 e. The molecule has 1 aromatic heterocycles. The summed E-state index contributed by atoms with van der Waals surface area (Å²) in [6.45, 7) is 9.67. The summed E-state index contributed by atoms with van der Waals surface area (Å²) in [6.07, 6.45) is 0.947. The molecule has 1 aromatic carbocycles. The van der Waals surface area contributed by atoms with Crippen LogP contribution in [0.5, 0.6) is 0 Å². The third-order valence-corrected chi connectivity index (χ3v) is 3.69. The van der Waals surface area contributed by atoms with Gasteiger partial charge in [-0.05, 0) is 31.5 Å². The second-order valence-electron chi connectivity index (χ2n) is 6.27. The number of nitrogens with one attached hydrogen (secondary N) is 1. The van der Waals surface area contributed by atoms with Crippen LogP contribution in [-0.2, 0) is 11.3 Å². The van der Waals surface area contributed by atoms with Gasteiger partial charge in [0.25, 0.3) is 0 Å². The number of benzene rings is 1. The van der Waals surface area contributed by atoms with E-state index in [0.717, 1.165) is 24.2 Å². The Bertz CT molecular complexity index is 667. The topological polar surface area (TPSA) is 71.3 Å². The molecule has 0 spiro atoms. The normalized spacial score (nSPS) is 11.2. The lowest BCUT2D eigenvalue weighted by atomic mass is 10.2. The zero-order valence-corrected chi connectivity index (χ0v) is 14.9. The Morgan fingerprint density at radius 1 is 1.33 bits per heavy atom. The van der Waals surface area contributed by atoms with Crippen molar-refractivity contribution in [1.29, 1.82) is 0 Å². The number of carbonyl (C=O) groups excluding carboxylic acids is 1. The first-order chi connectivity index (χ1) is 11.5. The third-order valence-electron chi connectivity index (χ3n) is 3.69. The average molecular weight is 330 g/mol. The van der Waals surface area contributed by atoms with E-state index in [1.807, 2.05) is 49.9 Å². The number of para-hydroxylation sites is 1. The smallest absolute Gasteiger partial charge is 0.240 e. The summed E-state index contributed by atoms with van der Waals surface area (Å²) >= 11 is 0. The van der Waals surface area contributed by atoms with E-state index in [1.165, 1.54) is 0 Å². The number of amides is 1. The summed E-state index contributed by atoms with van der Waals surface area (Å²) in [7, 11) is 0. The number of anilines is 1. The highest BCUT2D eigenvalue weighted by molar-refractivity contribution is 5.92. The summed E-state index contributed by atoms with van der Waals surface area (Å²) < 4.78 is 5.29. The van der Waals surface area contributed by atoms with Crippen LogP contribution in [0.15, 0.2) is 28.8 Å². The van der Waals surface area contributed by atoms with Gasteiger partial charge in [-0.2, -0.15) is 4.98 Å². The molecule has 0 unspecified atom stereocenters. The van der Waals surface area contributed by atoms with Crippen LogP contribution in [0.1, 0.15) is 50.4 Å². The summed E-state index contributed by atoms with van der Waals surface area (Å²) in [5.74, 6) is 1.44. The largest absolute Gasteiger partial charge is 0.338 e. The second-order valence-corrected chi connectivity index (χ2v) is 6.27. The molecule has 6 heteroatoms. The highest BCUT2D eigenvalue weighted by Gasteiger charge is 2.16. The molecule has 0 saturated carbocycles. The van der Waals surface area contributed by atoms with Crippen LogP contribution in [-0.4, -0.2) is 34.0 Å². The minimum Gasteiger partial charge on any atom is -0.338 e. The van der Waals surface area contributed by atoms with Crippen LogP contribution in [0.25, 0.3) is 0 Å². The summed E-state index contributed by atoms with van der Waals surface area (Å²) in [6, 6.07) is 7.75. The number of hydrogen-bond donors (Lipinski definition) is 1. The molecule has 0 aliphatic carbocycles. The number of rotatable bonds is 8. The van der Waals surface area contributed by atoms with Crippen molar-refractivity contribution in [2.45, 2.75) is 46.6 Å². The van der Waals surface area contributed by atoms with Crippen molar-refractivity contribution in [3.8, 4) is 0 Å². The van der Waals surface area contributed by atoms with Gasteiger partial charge in [0.2, 0.25) is 11.8 Å². The van der Waals surface area contributed by atoms with E-state index in [9.17, 15) is 4.79 Å². The van der Waals surface area contributed by atoms with Crippen LogP contribution < -0.4 is 5.32 Å². The lowest BCUT2D eigenvalue weighted by Gasteiger charge is -2.19.